The van der Waals surface area contributed by atoms with Crippen molar-refractivity contribution in [3.63, 3.8) is 0 Å². The number of likely N-dealkylation sites (N-methyl/N-ethyl adjacent to an activating group) is 2. The van der Waals surface area contributed by atoms with Gasteiger partial charge in [0.1, 0.15) is 11.1 Å². The van der Waals surface area contributed by atoms with Crippen molar-refractivity contribution in [2.45, 2.75) is 41.5 Å². The van der Waals surface area contributed by atoms with Crippen molar-refractivity contribution in [2.75, 3.05) is 90.5 Å². The highest BCUT2D eigenvalue weighted by Gasteiger charge is 2.15. The van der Waals surface area contributed by atoms with Gasteiger partial charge in [-0.25, -0.2) is 4.85 Å². The first-order chi connectivity index (χ1) is 20.9. The lowest BCUT2D eigenvalue weighted by molar-refractivity contribution is -0.896. The fourth-order valence-corrected chi connectivity index (χ4v) is 5.40. The molecule has 10 nitrogen and oxygen atoms in total. The molecule has 0 amide bonds. The highest BCUT2D eigenvalue weighted by molar-refractivity contribution is 7.20. The third-order valence-electron chi connectivity index (χ3n) is 7.60. The zero-order valence-electron chi connectivity index (χ0n) is 26.7. The number of anilines is 1. The molecule has 0 N–H and O–H groups in total. The van der Waals surface area contributed by atoms with Gasteiger partial charge in [-0.15, -0.1) is 35.0 Å². The second-order valence-electron chi connectivity index (χ2n) is 9.97. The van der Waals surface area contributed by atoms with Crippen LogP contribution in [0, 0.1) is 38.3 Å². The molecule has 0 aliphatic carbocycles. The summed E-state index contributed by atoms with van der Waals surface area (Å²) in [6.45, 7) is 31.4. The van der Waals surface area contributed by atoms with Crippen molar-refractivity contribution in [3.8, 4) is 6.07 Å². The standard InChI is InChI=1S/C32H48N6O4S/c1-8-37(14-16-39-18-20-41-22-23-42-21-19-40-17-15-38(9-2,10-3)11-4)28-12-13-30(26(5)24-28)35-36-32-29(25-33)27(6)31(34-7)43-32/h9,12-13,24H,8,10-11,14-23H2,1-6H3. The van der Waals surface area contributed by atoms with E-state index in [9.17, 15) is 5.26 Å². The van der Waals surface area contributed by atoms with Crippen molar-refractivity contribution >= 4 is 32.7 Å². The van der Waals surface area contributed by atoms with Gasteiger partial charge in [0.2, 0.25) is 5.00 Å². The quantitative estimate of drug-likeness (QED) is 0.0608. The monoisotopic (exact) mass is 612 g/mol. The second-order valence-corrected chi connectivity index (χ2v) is 10.9. The molecule has 0 fully saturated rings. The van der Waals surface area contributed by atoms with Crippen molar-refractivity contribution in [3.05, 3.63) is 52.9 Å². The van der Waals surface area contributed by atoms with Gasteiger partial charge >= 0.3 is 0 Å². The molecule has 0 bridgehead atoms. The third kappa shape index (κ3) is 11.6. The smallest absolute Gasteiger partial charge is 0.247 e. The normalized spacial score (nSPS) is 11.6. The zero-order valence-corrected chi connectivity index (χ0v) is 27.5. The summed E-state index contributed by atoms with van der Waals surface area (Å²) in [5, 5.41) is 19.0. The lowest BCUT2D eigenvalue weighted by atomic mass is 10.1. The van der Waals surface area contributed by atoms with Gasteiger partial charge in [0.05, 0.1) is 90.3 Å². The Morgan fingerprint density at radius 3 is 2.07 bits per heavy atom. The van der Waals surface area contributed by atoms with Gasteiger partial charge in [-0.05, 0) is 63.9 Å². The van der Waals surface area contributed by atoms with E-state index in [1.54, 1.807) is 6.92 Å². The summed E-state index contributed by atoms with van der Waals surface area (Å²) in [6.07, 6.45) is 0. The maximum absolute atomic E-state index is 9.43. The van der Waals surface area contributed by atoms with Gasteiger partial charge in [-0.3, -0.25) is 0 Å². The summed E-state index contributed by atoms with van der Waals surface area (Å²) >= 11 is 1.19. The topological polar surface area (TPSA) is 93.0 Å². The van der Waals surface area contributed by atoms with Crippen LogP contribution in [0.1, 0.15) is 44.4 Å². The first-order valence-corrected chi connectivity index (χ1v) is 15.9. The number of nitriles is 1. The van der Waals surface area contributed by atoms with Crippen molar-refractivity contribution in [1.29, 1.82) is 5.26 Å². The van der Waals surface area contributed by atoms with E-state index >= 15 is 0 Å². The molecule has 2 rings (SSSR count). The summed E-state index contributed by atoms with van der Waals surface area (Å²) in [7, 11) is 0. The van der Waals surface area contributed by atoms with Gasteiger partial charge in [0.15, 0.2) is 0 Å². The average molecular weight is 613 g/mol. The molecule has 0 aliphatic heterocycles. The van der Waals surface area contributed by atoms with Gasteiger partial charge in [-0.1, -0.05) is 0 Å². The number of nitrogens with zero attached hydrogens (tertiary/aromatic N) is 6. The van der Waals surface area contributed by atoms with Crippen LogP contribution in [0.2, 0.25) is 0 Å². The summed E-state index contributed by atoms with van der Waals surface area (Å²) in [5.74, 6) is 0. The van der Waals surface area contributed by atoms with E-state index in [2.05, 4.69) is 66.3 Å². The molecule has 0 saturated heterocycles. The van der Waals surface area contributed by atoms with E-state index in [1.165, 1.54) is 11.3 Å². The Morgan fingerprint density at radius 1 is 0.953 bits per heavy atom. The Kier molecular flexibility index (Phi) is 17.0. The summed E-state index contributed by atoms with van der Waals surface area (Å²) in [5.41, 5.74) is 3.86. The lowest BCUT2D eigenvalue weighted by Crippen LogP contribution is -2.46. The number of quaternary nitrogens is 1. The molecular weight excluding hydrogens is 564 g/mol. The van der Waals surface area contributed by atoms with Crippen LogP contribution < -0.4 is 4.90 Å². The van der Waals surface area contributed by atoms with Crippen LogP contribution in [-0.4, -0.2) is 90.1 Å². The van der Waals surface area contributed by atoms with Crippen LogP contribution in [0.15, 0.2) is 28.4 Å². The van der Waals surface area contributed by atoms with E-state index in [4.69, 9.17) is 25.5 Å². The van der Waals surface area contributed by atoms with Crippen molar-refractivity contribution in [1.82, 2.24) is 0 Å². The average Bonchev–Trinajstić information content (AvgIpc) is 3.34. The fraction of sp³-hybridized carbons (Fsp3) is 0.594. The molecular formula is C32H48N6O4S. The minimum absolute atomic E-state index is 0.414. The summed E-state index contributed by atoms with van der Waals surface area (Å²) in [4.78, 5) is 5.72. The molecule has 1 aromatic carbocycles. The SMILES string of the molecule is [C-]#[N+]c1sc(N=Nc2ccc(N(CC)CCOCCOCCOCCOCC[N+]([CH-]C)(CC)CC)cc2C)c(C#N)c1C. The predicted molar refractivity (Wildman–Crippen MR) is 173 cm³/mol. The van der Waals surface area contributed by atoms with Crippen molar-refractivity contribution < 1.29 is 23.4 Å². The molecule has 236 valence electrons. The molecule has 0 unspecified atom stereocenters. The maximum atomic E-state index is 9.43. The highest BCUT2D eigenvalue weighted by atomic mass is 32.1. The second kappa shape index (κ2) is 20.1. The van der Waals surface area contributed by atoms with Crippen LogP contribution in [0.5, 0.6) is 0 Å². The first-order valence-electron chi connectivity index (χ1n) is 15.0. The minimum Gasteiger partial charge on any atom is -0.453 e. The Bertz CT molecular complexity index is 1210. The van der Waals surface area contributed by atoms with E-state index in [-0.39, 0.29) is 0 Å². The lowest BCUT2D eigenvalue weighted by Gasteiger charge is -2.44. The van der Waals surface area contributed by atoms with Crippen molar-refractivity contribution in [2.24, 2.45) is 10.2 Å². The van der Waals surface area contributed by atoms with Crippen LogP contribution in [0.4, 0.5) is 21.4 Å². The van der Waals surface area contributed by atoms with Crippen LogP contribution >= 0.6 is 11.3 Å². The Labute approximate surface area is 262 Å². The number of hydrogen-bond donors (Lipinski definition) is 0. The van der Waals surface area contributed by atoms with E-state index in [0.29, 0.717) is 67.4 Å². The number of aryl methyl sites for hydroxylation is 1. The van der Waals surface area contributed by atoms with Gasteiger partial charge < -0.3 is 28.3 Å². The molecule has 1 aromatic heterocycles. The Morgan fingerprint density at radius 2 is 1.56 bits per heavy atom. The molecule has 1 heterocycles. The minimum atomic E-state index is 0.414. The Hall–Kier alpha value is -2.90. The third-order valence-corrected chi connectivity index (χ3v) is 8.67. The fourth-order valence-electron chi connectivity index (χ4n) is 4.53. The number of ether oxygens (including phenoxy) is 4. The van der Waals surface area contributed by atoms with E-state index in [1.807, 2.05) is 19.1 Å². The molecule has 0 saturated carbocycles. The van der Waals surface area contributed by atoms with Gasteiger partial charge in [-0.2, -0.15) is 5.26 Å². The predicted octanol–water partition coefficient (Wildman–Crippen LogP) is 7.13. The molecule has 0 radical (unpaired) electrons. The van der Waals surface area contributed by atoms with Crippen LogP contribution in [-0.2, 0) is 18.9 Å². The van der Waals surface area contributed by atoms with Crippen LogP contribution in [0.3, 0.4) is 0 Å². The Balaban J connectivity index is 1.62. The largest absolute Gasteiger partial charge is 0.453 e. The molecule has 43 heavy (non-hydrogen) atoms. The molecule has 2 aromatic rings. The van der Waals surface area contributed by atoms with Gasteiger partial charge in [0.25, 0.3) is 0 Å². The van der Waals surface area contributed by atoms with E-state index < -0.39 is 0 Å². The zero-order chi connectivity index (χ0) is 31.5. The number of azo groups is 1. The molecule has 0 atom stereocenters. The first kappa shape index (κ1) is 36.3. The maximum Gasteiger partial charge on any atom is 0.247 e. The molecule has 0 aliphatic rings. The molecule has 0 spiro atoms. The number of hydrogen-bond acceptors (Lipinski definition) is 9. The van der Waals surface area contributed by atoms with Gasteiger partial charge in [0, 0.05) is 18.8 Å². The summed E-state index contributed by atoms with van der Waals surface area (Å²) in [6, 6.07) is 8.15. The summed E-state index contributed by atoms with van der Waals surface area (Å²) < 4.78 is 23.7. The molecule has 11 heteroatoms. The van der Waals surface area contributed by atoms with Crippen LogP contribution in [0.25, 0.3) is 4.85 Å². The number of rotatable bonds is 22. The highest BCUT2D eigenvalue weighted by Crippen LogP contribution is 2.41. The number of thiophene rings is 1. The van der Waals surface area contributed by atoms with E-state index in [0.717, 1.165) is 60.8 Å². The number of benzene rings is 1.